The Morgan fingerprint density at radius 2 is 2.05 bits per heavy atom. The molecular weight excluding hydrogens is 260 g/mol. The van der Waals surface area contributed by atoms with E-state index in [2.05, 4.69) is 15.3 Å². The molecular formula is C14H17ClN4. The summed E-state index contributed by atoms with van der Waals surface area (Å²) in [5.41, 5.74) is 2.00. The zero-order valence-corrected chi connectivity index (χ0v) is 11.9. The van der Waals surface area contributed by atoms with Gasteiger partial charge in [0, 0.05) is 31.4 Å². The quantitative estimate of drug-likeness (QED) is 0.911. The van der Waals surface area contributed by atoms with Gasteiger partial charge in [0.05, 0.1) is 11.9 Å². The average molecular weight is 277 g/mol. The number of aromatic nitrogens is 2. The molecule has 0 aliphatic carbocycles. The molecule has 1 heterocycles. The number of nitrogens with one attached hydrogen (secondary N) is 1. The Kier molecular flexibility index (Phi) is 4.71. The smallest absolute Gasteiger partial charge is 0.147 e. The maximum Gasteiger partial charge on any atom is 0.147 e. The van der Waals surface area contributed by atoms with E-state index in [4.69, 9.17) is 11.6 Å². The highest BCUT2D eigenvalue weighted by Crippen LogP contribution is 2.19. The minimum absolute atomic E-state index is 0.706. The zero-order chi connectivity index (χ0) is 13.7. The molecule has 0 fully saturated rings. The first-order valence-corrected chi connectivity index (χ1v) is 6.48. The number of rotatable bonds is 5. The molecule has 100 valence electrons. The molecule has 2 aromatic rings. The minimum atomic E-state index is 0.706. The Balaban J connectivity index is 2.13. The van der Waals surface area contributed by atoms with Gasteiger partial charge in [-0.2, -0.15) is 0 Å². The molecule has 2 rings (SSSR count). The van der Waals surface area contributed by atoms with Gasteiger partial charge in [-0.05, 0) is 18.7 Å². The van der Waals surface area contributed by atoms with Crippen molar-refractivity contribution in [2.24, 2.45) is 0 Å². The van der Waals surface area contributed by atoms with Gasteiger partial charge in [-0.3, -0.25) is 4.98 Å². The summed E-state index contributed by atoms with van der Waals surface area (Å²) in [5.74, 6) is 0.840. The summed E-state index contributed by atoms with van der Waals surface area (Å²) in [4.78, 5) is 10.8. The molecule has 1 aromatic carbocycles. The van der Waals surface area contributed by atoms with Crippen molar-refractivity contribution in [3.05, 3.63) is 52.9 Å². The maximum atomic E-state index is 6.16. The molecule has 0 radical (unpaired) electrons. The molecule has 0 saturated carbocycles. The summed E-state index contributed by atoms with van der Waals surface area (Å²) in [7, 11) is 3.87. The molecule has 1 aromatic heterocycles. The Bertz CT molecular complexity index is 544. The summed E-state index contributed by atoms with van der Waals surface area (Å²) < 4.78 is 0. The van der Waals surface area contributed by atoms with Crippen LogP contribution in [-0.4, -0.2) is 24.1 Å². The lowest BCUT2D eigenvalue weighted by molar-refractivity contribution is 0.775. The van der Waals surface area contributed by atoms with E-state index in [9.17, 15) is 0 Å². The summed E-state index contributed by atoms with van der Waals surface area (Å²) in [6, 6.07) is 7.83. The molecule has 4 nitrogen and oxygen atoms in total. The molecule has 0 aliphatic heterocycles. The fraction of sp³-hybridized carbons (Fsp3) is 0.286. The third-order valence-corrected chi connectivity index (χ3v) is 3.15. The van der Waals surface area contributed by atoms with Crippen molar-refractivity contribution in [1.29, 1.82) is 0 Å². The van der Waals surface area contributed by atoms with Gasteiger partial charge < -0.3 is 10.2 Å². The van der Waals surface area contributed by atoms with E-state index < -0.39 is 0 Å². The number of anilines is 1. The molecule has 0 saturated heterocycles. The van der Waals surface area contributed by atoms with Crippen LogP contribution < -0.4 is 10.2 Å². The summed E-state index contributed by atoms with van der Waals surface area (Å²) in [5, 5.41) is 3.84. The second-order valence-corrected chi connectivity index (χ2v) is 4.75. The largest absolute Gasteiger partial charge is 0.354 e. The van der Waals surface area contributed by atoms with Crippen LogP contribution in [0.5, 0.6) is 0 Å². The van der Waals surface area contributed by atoms with Crippen molar-refractivity contribution in [3.8, 4) is 0 Å². The summed E-state index contributed by atoms with van der Waals surface area (Å²) in [6.07, 6.45) is 3.53. The standard InChI is InChI=1S/C14H17ClN4/c1-16-7-12-8-17-9-14(18-12)19(2)10-11-5-3-4-6-13(11)15/h3-6,8-9,16H,7,10H2,1-2H3. The second-order valence-electron chi connectivity index (χ2n) is 4.35. The highest BCUT2D eigenvalue weighted by Gasteiger charge is 2.07. The normalized spacial score (nSPS) is 10.5. The van der Waals surface area contributed by atoms with Crippen LogP contribution in [0.2, 0.25) is 5.02 Å². The van der Waals surface area contributed by atoms with Crippen molar-refractivity contribution in [3.63, 3.8) is 0 Å². The third-order valence-electron chi connectivity index (χ3n) is 2.79. The van der Waals surface area contributed by atoms with E-state index in [1.54, 1.807) is 12.4 Å². The van der Waals surface area contributed by atoms with Gasteiger partial charge in [-0.15, -0.1) is 0 Å². The molecule has 0 unspecified atom stereocenters. The van der Waals surface area contributed by atoms with Crippen LogP contribution in [0.1, 0.15) is 11.3 Å². The molecule has 5 heteroatoms. The fourth-order valence-electron chi connectivity index (χ4n) is 1.81. The number of halogens is 1. The van der Waals surface area contributed by atoms with Crippen LogP contribution in [0.15, 0.2) is 36.7 Å². The highest BCUT2D eigenvalue weighted by atomic mass is 35.5. The Hall–Kier alpha value is -1.65. The lowest BCUT2D eigenvalue weighted by Crippen LogP contribution is -2.19. The topological polar surface area (TPSA) is 41.1 Å². The van der Waals surface area contributed by atoms with E-state index in [1.165, 1.54) is 0 Å². The predicted molar refractivity (Wildman–Crippen MR) is 78.4 cm³/mol. The number of hydrogen-bond donors (Lipinski definition) is 1. The first kappa shape index (κ1) is 13.8. The van der Waals surface area contributed by atoms with Gasteiger partial charge in [0.1, 0.15) is 5.82 Å². The van der Waals surface area contributed by atoms with Crippen LogP contribution in [0.3, 0.4) is 0 Å². The minimum Gasteiger partial charge on any atom is -0.354 e. The van der Waals surface area contributed by atoms with Crippen LogP contribution in [0, 0.1) is 0 Å². The number of hydrogen-bond acceptors (Lipinski definition) is 4. The van der Waals surface area contributed by atoms with Crippen LogP contribution in [-0.2, 0) is 13.1 Å². The van der Waals surface area contributed by atoms with Crippen LogP contribution in [0.4, 0.5) is 5.82 Å². The molecule has 19 heavy (non-hydrogen) atoms. The Morgan fingerprint density at radius 3 is 2.79 bits per heavy atom. The number of benzene rings is 1. The van der Waals surface area contributed by atoms with Gasteiger partial charge in [0.2, 0.25) is 0 Å². The van der Waals surface area contributed by atoms with Gasteiger partial charge in [-0.25, -0.2) is 4.98 Å². The maximum absolute atomic E-state index is 6.16. The van der Waals surface area contributed by atoms with E-state index in [0.717, 1.165) is 22.1 Å². The summed E-state index contributed by atoms with van der Waals surface area (Å²) in [6.45, 7) is 1.41. The molecule has 0 bridgehead atoms. The molecule has 0 amide bonds. The third kappa shape index (κ3) is 3.66. The first-order chi connectivity index (χ1) is 9.20. The Morgan fingerprint density at radius 1 is 1.26 bits per heavy atom. The lowest BCUT2D eigenvalue weighted by atomic mass is 10.2. The van der Waals surface area contributed by atoms with Crippen molar-refractivity contribution in [1.82, 2.24) is 15.3 Å². The molecule has 0 atom stereocenters. The number of nitrogens with zero attached hydrogens (tertiary/aromatic N) is 3. The monoisotopic (exact) mass is 276 g/mol. The van der Waals surface area contributed by atoms with E-state index in [0.29, 0.717) is 13.1 Å². The van der Waals surface area contributed by atoms with Gasteiger partial charge in [0.25, 0.3) is 0 Å². The molecule has 1 N–H and O–H groups in total. The first-order valence-electron chi connectivity index (χ1n) is 6.11. The van der Waals surface area contributed by atoms with Gasteiger partial charge in [0.15, 0.2) is 0 Å². The van der Waals surface area contributed by atoms with Crippen LogP contribution in [0.25, 0.3) is 0 Å². The SMILES string of the molecule is CNCc1cncc(N(C)Cc2ccccc2Cl)n1. The van der Waals surface area contributed by atoms with E-state index in [-0.39, 0.29) is 0 Å². The second kappa shape index (κ2) is 6.50. The molecule has 0 aliphatic rings. The Labute approximate surface area is 118 Å². The predicted octanol–water partition coefficient (Wildman–Crippen LogP) is 2.49. The van der Waals surface area contributed by atoms with Crippen molar-refractivity contribution >= 4 is 17.4 Å². The van der Waals surface area contributed by atoms with Gasteiger partial charge >= 0.3 is 0 Å². The molecule has 0 spiro atoms. The van der Waals surface area contributed by atoms with Gasteiger partial charge in [-0.1, -0.05) is 29.8 Å². The van der Waals surface area contributed by atoms with E-state index in [1.807, 2.05) is 43.3 Å². The fourth-order valence-corrected chi connectivity index (χ4v) is 2.00. The van der Waals surface area contributed by atoms with E-state index >= 15 is 0 Å². The van der Waals surface area contributed by atoms with Crippen LogP contribution >= 0.6 is 11.6 Å². The lowest BCUT2D eigenvalue weighted by Gasteiger charge is -2.19. The zero-order valence-electron chi connectivity index (χ0n) is 11.1. The van der Waals surface area contributed by atoms with Crippen molar-refractivity contribution in [2.45, 2.75) is 13.1 Å². The summed E-state index contributed by atoms with van der Waals surface area (Å²) >= 11 is 6.16. The van der Waals surface area contributed by atoms with Crippen molar-refractivity contribution < 1.29 is 0 Å². The average Bonchev–Trinajstić information content (AvgIpc) is 2.42. The van der Waals surface area contributed by atoms with Crippen molar-refractivity contribution in [2.75, 3.05) is 19.0 Å². The highest BCUT2D eigenvalue weighted by molar-refractivity contribution is 6.31.